The quantitative estimate of drug-likeness (QED) is 0.283. The van der Waals surface area contributed by atoms with Gasteiger partial charge in [-0.25, -0.2) is 20.5 Å². The second-order valence-corrected chi connectivity index (χ2v) is 5.24. The lowest BCUT2D eigenvalue weighted by molar-refractivity contribution is -0.142. The number of pyridine rings is 1. The normalized spacial score (nSPS) is 11.6. The van der Waals surface area contributed by atoms with Crippen LogP contribution in [0.5, 0.6) is 5.88 Å². The van der Waals surface area contributed by atoms with E-state index in [1.165, 1.54) is 19.4 Å². The van der Waals surface area contributed by atoms with E-state index in [-0.39, 0.29) is 11.6 Å². The zero-order chi connectivity index (χ0) is 19.1. The number of guanidine groups is 1. The van der Waals surface area contributed by atoms with Crippen LogP contribution in [0.25, 0.3) is 16.5 Å². The summed E-state index contributed by atoms with van der Waals surface area (Å²) in [5.41, 5.74) is 3.67. The van der Waals surface area contributed by atoms with E-state index in [1.54, 1.807) is 18.2 Å². The fraction of sp³-hybridized carbons (Fsp3) is 0.133. The largest absolute Gasteiger partial charge is 0.481 e. The molecule has 1 aromatic carbocycles. The summed E-state index contributed by atoms with van der Waals surface area (Å²) in [6.07, 6.45) is -2.47. The highest BCUT2D eigenvalue weighted by molar-refractivity contribution is 5.94. The maximum atomic E-state index is 13.7. The number of fused-ring (bicyclic) bond motifs is 1. The Balaban J connectivity index is 2.32. The van der Waals surface area contributed by atoms with Crippen LogP contribution in [-0.2, 0) is 6.18 Å². The van der Waals surface area contributed by atoms with Crippen LogP contribution in [0.15, 0.2) is 36.7 Å². The highest BCUT2D eigenvalue weighted by Gasteiger charge is 2.40. The Kier molecular flexibility index (Phi) is 4.16. The van der Waals surface area contributed by atoms with Crippen LogP contribution in [0, 0.1) is 5.41 Å². The first kappa shape index (κ1) is 17.5. The number of benzene rings is 1. The summed E-state index contributed by atoms with van der Waals surface area (Å²) in [5, 5.41) is 12.5. The molecule has 2 aromatic heterocycles. The number of alkyl halides is 3. The van der Waals surface area contributed by atoms with E-state index in [2.05, 4.69) is 10.1 Å². The summed E-state index contributed by atoms with van der Waals surface area (Å²) in [6, 6.07) is 6.27. The number of methoxy groups -OCH3 is 1. The monoisotopic (exact) mass is 365 g/mol. The number of anilines is 1. The lowest BCUT2D eigenvalue weighted by Crippen LogP contribution is -2.43. The Bertz CT molecular complexity index is 983. The summed E-state index contributed by atoms with van der Waals surface area (Å²) in [6.45, 7) is 0. The van der Waals surface area contributed by atoms with Crippen LogP contribution in [0.3, 0.4) is 0 Å². The number of nitrogens with one attached hydrogen (secondary N) is 1. The third-order valence-electron chi connectivity index (χ3n) is 3.71. The first-order valence-corrected chi connectivity index (χ1v) is 7.22. The Morgan fingerprint density at radius 1 is 1.27 bits per heavy atom. The molecule has 0 radical (unpaired) electrons. The van der Waals surface area contributed by atoms with Crippen molar-refractivity contribution in [3.63, 3.8) is 0 Å². The summed E-state index contributed by atoms with van der Waals surface area (Å²) in [4.78, 5) is 4.04. The van der Waals surface area contributed by atoms with E-state index in [4.69, 9.17) is 21.7 Å². The van der Waals surface area contributed by atoms with Gasteiger partial charge in [0.05, 0.1) is 19.0 Å². The molecule has 0 saturated carbocycles. The molecule has 0 spiro atoms. The minimum absolute atomic E-state index is 0.152. The van der Waals surface area contributed by atoms with Gasteiger partial charge in [0.25, 0.3) is 0 Å². The first-order chi connectivity index (χ1) is 12.3. The van der Waals surface area contributed by atoms with E-state index in [0.29, 0.717) is 20.5 Å². The summed E-state index contributed by atoms with van der Waals surface area (Å²) >= 11 is 0. The van der Waals surface area contributed by atoms with Gasteiger partial charge in [0, 0.05) is 17.0 Å². The summed E-state index contributed by atoms with van der Waals surface area (Å²) < 4.78 is 47.0. The molecule has 0 bridgehead atoms. The van der Waals surface area contributed by atoms with E-state index in [0.717, 1.165) is 6.20 Å². The predicted molar refractivity (Wildman–Crippen MR) is 89.0 cm³/mol. The number of nitrogens with two attached hydrogens (primary N) is 2. The number of hydrazine groups is 1. The molecule has 0 atom stereocenters. The van der Waals surface area contributed by atoms with Gasteiger partial charge in [-0.15, -0.1) is 0 Å². The van der Waals surface area contributed by atoms with Crippen LogP contribution < -0.4 is 21.3 Å². The van der Waals surface area contributed by atoms with Crippen molar-refractivity contribution in [1.29, 1.82) is 5.41 Å². The Morgan fingerprint density at radius 2 is 2.00 bits per heavy atom. The molecular weight excluding hydrogens is 351 g/mol. The van der Waals surface area contributed by atoms with E-state index < -0.39 is 23.5 Å². The van der Waals surface area contributed by atoms with Crippen LogP contribution >= 0.6 is 0 Å². The number of nitrogens with zero attached hydrogens (tertiary/aromatic N) is 4. The molecule has 26 heavy (non-hydrogen) atoms. The molecule has 0 unspecified atom stereocenters. The van der Waals surface area contributed by atoms with Crippen LogP contribution in [0.2, 0.25) is 0 Å². The minimum atomic E-state index is -4.79. The molecule has 0 aliphatic rings. The van der Waals surface area contributed by atoms with E-state index in [1.807, 2.05) is 0 Å². The van der Waals surface area contributed by atoms with Gasteiger partial charge in [-0.05, 0) is 18.2 Å². The SMILES string of the molecule is COc1nccc2c(-n3ncc(N(N)C(=N)N)c3C(F)(F)F)cccc12. The van der Waals surface area contributed by atoms with Crippen LogP contribution in [0.4, 0.5) is 18.9 Å². The lowest BCUT2D eigenvalue weighted by atomic mass is 10.1. The minimum Gasteiger partial charge on any atom is -0.481 e. The smallest absolute Gasteiger partial charge is 0.435 e. The molecule has 0 saturated heterocycles. The van der Waals surface area contributed by atoms with Crippen molar-refractivity contribution in [1.82, 2.24) is 14.8 Å². The van der Waals surface area contributed by atoms with E-state index in [9.17, 15) is 13.2 Å². The molecule has 0 aliphatic heterocycles. The van der Waals surface area contributed by atoms with Crippen LogP contribution in [-0.4, -0.2) is 27.8 Å². The lowest BCUT2D eigenvalue weighted by Gasteiger charge is -2.19. The Hall–Kier alpha value is -3.34. The average Bonchev–Trinajstić information content (AvgIpc) is 3.05. The van der Waals surface area contributed by atoms with Gasteiger partial charge >= 0.3 is 6.18 Å². The molecule has 0 aliphatic carbocycles. The summed E-state index contributed by atoms with van der Waals surface area (Å²) in [7, 11) is 1.42. The molecule has 3 aromatic rings. The highest BCUT2D eigenvalue weighted by Crippen LogP contribution is 2.39. The maximum Gasteiger partial charge on any atom is 0.435 e. The maximum absolute atomic E-state index is 13.7. The molecule has 2 heterocycles. The van der Waals surface area contributed by atoms with Gasteiger partial charge in [-0.1, -0.05) is 6.07 Å². The second-order valence-electron chi connectivity index (χ2n) is 5.24. The average molecular weight is 365 g/mol. The van der Waals surface area contributed by atoms with Crippen LogP contribution in [0.1, 0.15) is 5.69 Å². The zero-order valence-corrected chi connectivity index (χ0v) is 13.4. The molecule has 3 rings (SSSR count). The number of hydrogen-bond donors (Lipinski definition) is 3. The first-order valence-electron chi connectivity index (χ1n) is 7.22. The zero-order valence-electron chi connectivity index (χ0n) is 13.4. The third-order valence-corrected chi connectivity index (χ3v) is 3.71. The van der Waals surface area contributed by atoms with Crippen molar-refractivity contribution in [3.8, 4) is 11.6 Å². The fourth-order valence-electron chi connectivity index (χ4n) is 2.60. The standard InChI is InChI=1S/C15H14F3N7O/c1-26-13-9-3-2-4-10(8(9)5-6-22-13)25-12(15(16,17)18)11(7-23-25)24(21)14(19)20/h2-7H,21H2,1H3,(H3,19,20). The molecule has 8 nitrogen and oxygen atoms in total. The highest BCUT2D eigenvalue weighted by atomic mass is 19.4. The molecule has 0 amide bonds. The second kappa shape index (κ2) is 6.19. The van der Waals surface area contributed by atoms with Gasteiger partial charge in [-0.3, -0.25) is 5.41 Å². The summed E-state index contributed by atoms with van der Waals surface area (Å²) in [5.74, 6) is 5.01. The van der Waals surface area contributed by atoms with Gasteiger partial charge in [-0.2, -0.15) is 18.3 Å². The van der Waals surface area contributed by atoms with Gasteiger partial charge in [0.15, 0.2) is 5.69 Å². The van der Waals surface area contributed by atoms with Crippen molar-refractivity contribution >= 4 is 22.4 Å². The number of halogens is 3. The van der Waals surface area contributed by atoms with Gasteiger partial charge in [0.2, 0.25) is 11.8 Å². The number of hydrogen-bond acceptors (Lipinski definition) is 5. The third kappa shape index (κ3) is 2.77. The number of aromatic nitrogens is 3. The van der Waals surface area contributed by atoms with E-state index >= 15 is 0 Å². The molecule has 11 heteroatoms. The Morgan fingerprint density at radius 3 is 2.62 bits per heavy atom. The molecule has 136 valence electrons. The van der Waals surface area contributed by atoms with Gasteiger partial charge < -0.3 is 10.5 Å². The number of ether oxygens (including phenoxy) is 1. The van der Waals surface area contributed by atoms with Crippen molar-refractivity contribution in [2.45, 2.75) is 6.18 Å². The van der Waals surface area contributed by atoms with Crippen molar-refractivity contribution in [3.05, 3.63) is 42.4 Å². The van der Waals surface area contributed by atoms with Crippen molar-refractivity contribution in [2.24, 2.45) is 11.6 Å². The topological polar surface area (TPSA) is 119 Å². The molecule has 5 N–H and O–H groups in total. The van der Waals surface area contributed by atoms with Crippen molar-refractivity contribution in [2.75, 3.05) is 12.1 Å². The fourth-order valence-corrected chi connectivity index (χ4v) is 2.60. The van der Waals surface area contributed by atoms with Crippen molar-refractivity contribution < 1.29 is 17.9 Å². The predicted octanol–water partition coefficient (Wildman–Crippen LogP) is 2.02. The molecule has 0 fully saturated rings. The molecular formula is C15H14F3N7O. The van der Waals surface area contributed by atoms with Gasteiger partial charge in [0.1, 0.15) is 5.69 Å². The number of rotatable bonds is 3. The Labute approximate surface area is 145 Å².